The lowest BCUT2D eigenvalue weighted by Gasteiger charge is -2.31. The largest absolute Gasteiger partial charge is 0.435 e. The summed E-state index contributed by atoms with van der Waals surface area (Å²) in [6.45, 7) is 6.26. The summed E-state index contributed by atoms with van der Waals surface area (Å²) in [5.41, 5.74) is 3.54. The number of hydrogen-bond acceptors (Lipinski definition) is 7. The topological polar surface area (TPSA) is 95.6 Å². The van der Waals surface area contributed by atoms with Crippen LogP contribution < -0.4 is 15.0 Å². The fourth-order valence-corrected chi connectivity index (χ4v) is 4.60. The zero-order valence-corrected chi connectivity index (χ0v) is 20.5. The minimum Gasteiger partial charge on any atom is -0.435 e. The molecule has 2 aliphatic heterocycles. The van der Waals surface area contributed by atoms with Crippen molar-refractivity contribution in [2.45, 2.75) is 13.3 Å². The summed E-state index contributed by atoms with van der Waals surface area (Å²) in [5, 5.41) is 3.65. The molecule has 2 N–H and O–H groups in total. The number of carbonyl (C=O) groups excluding carboxylic acids is 1. The van der Waals surface area contributed by atoms with Gasteiger partial charge in [-0.3, -0.25) is 4.79 Å². The van der Waals surface area contributed by atoms with Crippen LogP contribution in [-0.4, -0.2) is 65.2 Å². The van der Waals surface area contributed by atoms with Crippen LogP contribution in [0, 0.1) is 12.7 Å². The number of aromatic nitrogens is 3. The number of likely N-dealkylation sites (tertiary alicyclic amines) is 1. The molecule has 9 nitrogen and oxygen atoms in total. The Hall–Kier alpha value is -4.18. The highest BCUT2D eigenvalue weighted by molar-refractivity contribution is 6.02. The molecule has 2 aromatic carbocycles. The van der Waals surface area contributed by atoms with Gasteiger partial charge in [-0.15, -0.1) is 0 Å². The summed E-state index contributed by atoms with van der Waals surface area (Å²) in [7, 11) is 0. The van der Waals surface area contributed by atoms with E-state index < -0.39 is 5.82 Å². The highest BCUT2D eigenvalue weighted by Gasteiger charge is 2.30. The number of rotatable bonds is 6. The van der Waals surface area contributed by atoms with Crippen LogP contribution in [0.15, 0.2) is 48.8 Å². The number of aryl methyl sites for hydroxylation is 1. The smallest absolute Gasteiger partial charge is 0.263 e. The first-order valence-corrected chi connectivity index (χ1v) is 12.4. The van der Waals surface area contributed by atoms with E-state index in [1.54, 1.807) is 17.0 Å². The zero-order valence-electron chi connectivity index (χ0n) is 20.5. The Kier molecular flexibility index (Phi) is 6.09. The number of hydrogen-bond donors (Lipinski definition) is 2. The SMILES string of the molecule is Cc1cc2c(F)c(Oc3ncnc(Nc4ccc(N5CCOCC5)cc4)c3C(=O)N3CCC3)ccc2[nH]1. The molecule has 2 aliphatic rings. The summed E-state index contributed by atoms with van der Waals surface area (Å²) < 4.78 is 26.6. The molecule has 0 saturated carbocycles. The summed E-state index contributed by atoms with van der Waals surface area (Å²) in [6, 6.07) is 12.9. The Bertz CT molecular complexity index is 1440. The highest BCUT2D eigenvalue weighted by atomic mass is 19.1. The molecular formula is C27H27FN6O3. The van der Waals surface area contributed by atoms with Crippen molar-refractivity contribution in [2.24, 2.45) is 0 Å². The quantitative estimate of drug-likeness (QED) is 0.397. The lowest BCUT2D eigenvalue weighted by Crippen LogP contribution is -2.42. The van der Waals surface area contributed by atoms with Gasteiger partial charge in [-0.2, -0.15) is 0 Å². The van der Waals surface area contributed by atoms with Crippen molar-refractivity contribution in [3.8, 4) is 11.6 Å². The van der Waals surface area contributed by atoms with E-state index >= 15 is 4.39 Å². The fraction of sp³-hybridized carbons (Fsp3) is 0.296. The van der Waals surface area contributed by atoms with E-state index in [2.05, 4.69) is 25.2 Å². The molecule has 4 heterocycles. The molecule has 2 aromatic heterocycles. The lowest BCUT2D eigenvalue weighted by molar-refractivity contribution is 0.0649. The van der Waals surface area contributed by atoms with Crippen molar-refractivity contribution in [1.29, 1.82) is 0 Å². The minimum absolute atomic E-state index is 0.00449. The van der Waals surface area contributed by atoms with E-state index in [-0.39, 0.29) is 23.1 Å². The second-order valence-corrected chi connectivity index (χ2v) is 9.21. The molecule has 37 heavy (non-hydrogen) atoms. The number of halogens is 1. The van der Waals surface area contributed by atoms with E-state index in [9.17, 15) is 4.79 Å². The Morgan fingerprint density at radius 1 is 1.08 bits per heavy atom. The second kappa shape index (κ2) is 9.70. The molecule has 10 heteroatoms. The van der Waals surface area contributed by atoms with E-state index in [0.29, 0.717) is 43.0 Å². The van der Waals surface area contributed by atoms with Gasteiger partial charge in [0.25, 0.3) is 5.91 Å². The van der Waals surface area contributed by atoms with Gasteiger partial charge in [-0.1, -0.05) is 0 Å². The van der Waals surface area contributed by atoms with Gasteiger partial charge in [0.05, 0.1) is 13.2 Å². The number of carbonyl (C=O) groups is 1. The van der Waals surface area contributed by atoms with Crippen LogP contribution >= 0.6 is 0 Å². The predicted octanol–water partition coefficient (Wildman–Crippen LogP) is 4.62. The van der Waals surface area contributed by atoms with Crippen LogP contribution in [0.3, 0.4) is 0 Å². The van der Waals surface area contributed by atoms with Gasteiger partial charge < -0.3 is 29.6 Å². The Morgan fingerprint density at radius 2 is 1.86 bits per heavy atom. The third-order valence-corrected chi connectivity index (χ3v) is 6.72. The number of anilines is 3. The Labute approximate surface area is 213 Å². The van der Waals surface area contributed by atoms with Crippen LogP contribution in [0.5, 0.6) is 11.6 Å². The Balaban J connectivity index is 1.32. The molecule has 0 radical (unpaired) electrons. The second-order valence-electron chi connectivity index (χ2n) is 9.21. The Morgan fingerprint density at radius 3 is 2.59 bits per heavy atom. The maximum atomic E-state index is 15.3. The fourth-order valence-electron chi connectivity index (χ4n) is 4.60. The molecule has 6 rings (SSSR count). The number of H-pyrrole nitrogens is 1. The van der Waals surface area contributed by atoms with Crippen molar-refractivity contribution in [1.82, 2.24) is 19.9 Å². The average molecular weight is 503 g/mol. The molecule has 190 valence electrons. The zero-order chi connectivity index (χ0) is 25.4. The highest BCUT2D eigenvalue weighted by Crippen LogP contribution is 2.34. The number of nitrogens with one attached hydrogen (secondary N) is 2. The van der Waals surface area contributed by atoms with Gasteiger partial charge in [-0.05, 0) is 55.8 Å². The molecule has 0 aliphatic carbocycles. The summed E-state index contributed by atoms with van der Waals surface area (Å²) >= 11 is 0. The number of amides is 1. The molecule has 2 saturated heterocycles. The van der Waals surface area contributed by atoms with Gasteiger partial charge in [0, 0.05) is 54.2 Å². The van der Waals surface area contributed by atoms with Gasteiger partial charge in [0.1, 0.15) is 11.9 Å². The van der Waals surface area contributed by atoms with Crippen molar-refractivity contribution in [2.75, 3.05) is 49.6 Å². The molecule has 0 unspecified atom stereocenters. The van der Waals surface area contributed by atoms with E-state index in [4.69, 9.17) is 9.47 Å². The summed E-state index contributed by atoms with van der Waals surface area (Å²) in [5.74, 6) is -0.474. The number of aromatic amines is 1. The van der Waals surface area contributed by atoms with Gasteiger partial charge in [0.2, 0.25) is 5.88 Å². The molecule has 0 bridgehead atoms. The van der Waals surface area contributed by atoms with Crippen LogP contribution in [0.4, 0.5) is 21.6 Å². The van der Waals surface area contributed by atoms with Gasteiger partial charge in [0.15, 0.2) is 17.4 Å². The maximum Gasteiger partial charge on any atom is 0.263 e. The maximum absolute atomic E-state index is 15.3. The monoisotopic (exact) mass is 502 g/mol. The normalized spacial score (nSPS) is 15.5. The third kappa shape index (κ3) is 4.55. The average Bonchev–Trinajstić information content (AvgIpc) is 3.27. The summed E-state index contributed by atoms with van der Waals surface area (Å²) in [6.07, 6.45) is 2.24. The third-order valence-electron chi connectivity index (χ3n) is 6.72. The standard InChI is InChI=1S/C27H27FN6O3/c1-17-15-20-21(31-17)7-8-22(24(20)28)37-26-23(27(35)34-9-2-10-34)25(29-16-30-26)32-18-3-5-19(6-4-18)33-11-13-36-14-12-33/h3-8,15-16,31H,2,9-14H2,1H3,(H,29,30,32). The number of nitrogens with zero attached hydrogens (tertiary/aromatic N) is 4. The van der Waals surface area contributed by atoms with Crippen molar-refractivity contribution in [3.63, 3.8) is 0 Å². The molecule has 4 aromatic rings. The van der Waals surface area contributed by atoms with Gasteiger partial charge >= 0.3 is 0 Å². The van der Waals surface area contributed by atoms with Gasteiger partial charge in [-0.25, -0.2) is 14.4 Å². The number of morpholine rings is 1. The molecular weight excluding hydrogens is 475 g/mol. The molecule has 1 amide bonds. The van der Waals surface area contributed by atoms with E-state index in [0.717, 1.165) is 36.6 Å². The first-order chi connectivity index (χ1) is 18.1. The first kappa shape index (κ1) is 23.2. The molecule has 0 spiro atoms. The summed E-state index contributed by atoms with van der Waals surface area (Å²) in [4.78, 5) is 29.1. The van der Waals surface area contributed by atoms with Crippen molar-refractivity contribution >= 4 is 34.0 Å². The van der Waals surface area contributed by atoms with E-state index in [1.165, 1.54) is 12.4 Å². The first-order valence-electron chi connectivity index (χ1n) is 12.4. The van der Waals surface area contributed by atoms with Crippen molar-refractivity contribution in [3.05, 3.63) is 65.9 Å². The minimum atomic E-state index is -0.518. The number of benzene rings is 2. The number of fused-ring (bicyclic) bond motifs is 1. The molecule has 2 fully saturated rings. The van der Waals surface area contributed by atoms with Crippen LogP contribution in [0.1, 0.15) is 22.5 Å². The van der Waals surface area contributed by atoms with Crippen LogP contribution in [-0.2, 0) is 4.74 Å². The van der Waals surface area contributed by atoms with Crippen LogP contribution in [0.2, 0.25) is 0 Å². The van der Waals surface area contributed by atoms with Crippen LogP contribution in [0.25, 0.3) is 10.9 Å². The van der Waals surface area contributed by atoms with Crippen molar-refractivity contribution < 1.29 is 18.7 Å². The van der Waals surface area contributed by atoms with E-state index in [1.807, 2.05) is 31.2 Å². The predicted molar refractivity (Wildman–Crippen MR) is 138 cm³/mol. The number of ether oxygens (including phenoxy) is 2. The lowest BCUT2D eigenvalue weighted by atomic mass is 10.1. The molecule has 0 atom stereocenters.